The number of benzene rings is 2. The molecule has 4 nitrogen and oxygen atoms in total. The summed E-state index contributed by atoms with van der Waals surface area (Å²) in [5.74, 6) is 0.544. The highest BCUT2D eigenvalue weighted by molar-refractivity contribution is 6.31. The number of carbonyl (C=O) groups is 1. The topological polar surface area (TPSA) is 47.6 Å². The molecule has 0 atom stereocenters. The molecule has 5 heteroatoms. The molecule has 0 aromatic heterocycles. The number of amides is 1. The molecule has 0 radical (unpaired) electrons. The average molecular weight is 348 g/mol. The lowest BCUT2D eigenvalue weighted by Gasteiger charge is -2.13. The molecule has 0 saturated heterocycles. The summed E-state index contributed by atoms with van der Waals surface area (Å²) in [5, 5.41) is 3.48. The molecule has 0 unspecified atom stereocenters. The first-order valence-electron chi connectivity index (χ1n) is 7.96. The lowest BCUT2D eigenvalue weighted by molar-refractivity contribution is 0.102. The van der Waals surface area contributed by atoms with Crippen LogP contribution in [0.5, 0.6) is 5.75 Å². The fourth-order valence-electron chi connectivity index (χ4n) is 2.27. The van der Waals surface area contributed by atoms with E-state index in [1.54, 1.807) is 30.3 Å². The number of rotatable bonds is 7. The standard InChI is InChI=1S/C19H22ClNO3/c1-4-23-12-15-10-14(7-9-18(15)24-5-2)19(22)21-17-11-16(20)8-6-13(17)3/h6-11H,4-5,12H2,1-3H3,(H,21,22). The van der Waals surface area contributed by atoms with E-state index in [1.807, 2.05) is 26.8 Å². The van der Waals surface area contributed by atoms with Crippen molar-refractivity contribution in [3.63, 3.8) is 0 Å². The minimum Gasteiger partial charge on any atom is -0.494 e. The van der Waals surface area contributed by atoms with Crippen LogP contribution in [0.25, 0.3) is 0 Å². The number of halogens is 1. The van der Waals surface area contributed by atoms with Gasteiger partial charge in [-0.3, -0.25) is 4.79 Å². The van der Waals surface area contributed by atoms with Crippen LogP contribution in [0.4, 0.5) is 5.69 Å². The lowest BCUT2D eigenvalue weighted by Crippen LogP contribution is -2.13. The van der Waals surface area contributed by atoms with Gasteiger partial charge in [-0.05, 0) is 56.7 Å². The number of nitrogens with one attached hydrogen (secondary N) is 1. The van der Waals surface area contributed by atoms with E-state index >= 15 is 0 Å². The molecule has 24 heavy (non-hydrogen) atoms. The van der Waals surface area contributed by atoms with Crippen LogP contribution in [0, 0.1) is 6.92 Å². The van der Waals surface area contributed by atoms with Crippen LogP contribution in [0.1, 0.15) is 35.3 Å². The fourth-order valence-corrected chi connectivity index (χ4v) is 2.44. The van der Waals surface area contributed by atoms with E-state index in [0.29, 0.717) is 36.1 Å². The van der Waals surface area contributed by atoms with Crippen molar-refractivity contribution in [1.29, 1.82) is 0 Å². The van der Waals surface area contributed by atoms with Gasteiger partial charge in [0.25, 0.3) is 5.91 Å². The Labute approximate surface area is 147 Å². The Balaban J connectivity index is 2.23. The highest BCUT2D eigenvalue weighted by atomic mass is 35.5. The third-order valence-electron chi connectivity index (χ3n) is 3.53. The summed E-state index contributed by atoms with van der Waals surface area (Å²) in [7, 11) is 0. The first-order valence-corrected chi connectivity index (χ1v) is 8.34. The second-order valence-electron chi connectivity index (χ2n) is 5.31. The van der Waals surface area contributed by atoms with Gasteiger partial charge in [0.1, 0.15) is 5.75 Å². The summed E-state index contributed by atoms with van der Waals surface area (Å²) in [6.07, 6.45) is 0. The van der Waals surface area contributed by atoms with Crippen molar-refractivity contribution in [2.45, 2.75) is 27.4 Å². The Morgan fingerprint density at radius 3 is 2.62 bits per heavy atom. The molecule has 0 fully saturated rings. The predicted molar refractivity (Wildman–Crippen MR) is 97.1 cm³/mol. The number of carbonyl (C=O) groups excluding carboxylic acids is 1. The lowest BCUT2D eigenvalue weighted by atomic mass is 10.1. The van der Waals surface area contributed by atoms with Crippen LogP contribution in [-0.4, -0.2) is 19.1 Å². The summed E-state index contributed by atoms with van der Waals surface area (Å²) in [6.45, 7) is 7.34. The molecule has 2 aromatic carbocycles. The van der Waals surface area contributed by atoms with E-state index in [-0.39, 0.29) is 5.91 Å². The quantitative estimate of drug-likeness (QED) is 0.779. The summed E-state index contributed by atoms with van der Waals surface area (Å²) < 4.78 is 11.1. The molecule has 0 bridgehead atoms. The van der Waals surface area contributed by atoms with Crippen LogP contribution in [0.3, 0.4) is 0 Å². The molecule has 0 heterocycles. The molecule has 0 aliphatic carbocycles. The van der Waals surface area contributed by atoms with Crippen LogP contribution < -0.4 is 10.1 Å². The van der Waals surface area contributed by atoms with E-state index in [4.69, 9.17) is 21.1 Å². The molecule has 0 spiro atoms. The predicted octanol–water partition coefficient (Wildman–Crippen LogP) is 4.84. The molecule has 0 aliphatic rings. The number of aryl methyl sites for hydroxylation is 1. The van der Waals surface area contributed by atoms with E-state index in [1.165, 1.54) is 0 Å². The minimum absolute atomic E-state index is 0.193. The summed E-state index contributed by atoms with van der Waals surface area (Å²) >= 11 is 6.00. The Morgan fingerprint density at radius 1 is 1.12 bits per heavy atom. The highest BCUT2D eigenvalue weighted by Crippen LogP contribution is 2.24. The molecule has 0 saturated carbocycles. The third-order valence-corrected chi connectivity index (χ3v) is 3.77. The first-order chi connectivity index (χ1) is 11.5. The smallest absolute Gasteiger partial charge is 0.255 e. The van der Waals surface area contributed by atoms with Crippen molar-refractivity contribution in [3.05, 3.63) is 58.1 Å². The molecular weight excluding hydrogens is 326 g/mol. The second-order valence-corrected chi connectivity index (χ2v) is 5.74. The van der Waals surface area contributed by atoms with Gasteiger partial charge >= 0.3 is 0 Å². The molecule has 2 rings (SSSR count). The van der Waals surface area contributed by atoms with Gasteiger partial charge in [-0.1, -0.05) is 17.7 Å². The third kappa shape index (κ3) is 4.73. The van der Waals surface area contributed by atoms with Crippen LogP contribution in [0.15, 0.2) is 36.4 Å². The molecular formula is C19H22ClNO3. The molecule has 0 aliphatic heterocycles. The van der Waals surface area contributed by atoms with Gasteiger partial charge < -0.3 is 14.8 Å². The van der Waals surface area contributed by atoms with Crippen LogP contribution in [-0.2, 0) is 11.3 Å². The van der Waals surface area contributed by atoms with Gasteiger partial charge in [0, 0.05) is 28.4 Å². The average Bonchev–Trinajstić information content (AvgIpc) is 2.57. The summed E-state index contributed by atoms with van der Waals surface area (Å²) in [4.78, 5) is 12.5. The van der Waals surface area contributed by atoms with Gasteiger partial charge in [0.05, 0.1) is 13.2 Å². The van der Waals surface area contributed by atoms with Crippen molar-refractivity contribution in [2.24, 2.45) is 0 Å². The van der Waals surface area contributed by atoms with Crippen molar-refractivity contribution in [3.8, 4) is 5.75 Å². The molecule has 1 N–H and O–H groups in total. The zero-order valence-electron chi connectivity index (χ0n) is 14.2. The SMILES string of the molecule is CCOCc1cc(C(=O)Nc2cc(Cl)ccc2C)ccc1OCC. The Morgan fingerprint density at radius 2 is 1.92 bits per heavy atom. The highest BCUT2D eigenvalue weighted by Gasteiger charge is 2.12. The van der Waals surface area contributed by atoms with E-state index in [9.17, 15) is 4.79 Å². The Bertz CT molecular complexity index is 716. The number of anilines is 1. The van der Waals surface area contributed by atoms with E-state index in [2.05, 4.69) is 5.32 Å². The fraction of sp³-hybridized carbons (Fsp3) is 0.316. The van der Waals surface area contributed by atoms with Gasteiger partial charge in [-0.15, -0.1) is 0 Å². The first kappa shape index (κ1) is 18.3. The largest absolute Gasteiger partial charge is 0.494 e. The Kier molecular flexibility index (Phi) is 6.64. The maximum Gasteiger partial charge on any atom is 0.255 e. The molecule has 1 amide bonds. The monoisotopic (exact) mass is 347 g/mol. The number of ether oxygens (including phenoxy) is 2. The van der Waals surface area contributed by atoms with Crippen molar-refractivity contribution in [1.82, 2.24) is 0 Å². The zero-order valence-corrected chi connectivity index (χ0v) is 14.9. The second kappa shape index (κ2) is 8.71. The number of hydrogen-bond acceptors (Lipinski definition) is 3. The Hall–Kier alpha value is -2.04. The van der Waals surface area contributed by atoms with Gasteiger partial charge in [0.2, 0.25) is 0 Å². The van der Waals surface area contributed by atoms with Gasteiger partial charge in [-0.25, -0.2) is 0 Å². The van der Waals surface area contributed by atoms with Gasteiger partial charge in [0.15, 0.2) is 0 Å². The van der Waals surface area contributed by atoms with Gasteiger partial charge in [-0.2, -0.15) is 0 Å². The molecule has 2 aromatic rings. The summed E-state index contributed by atoms with van der Waals surface area (Å²) in [6, 6.07) is 10.8. The van der Waals surface area contributed by atoms with E-state index in [0.717, 1.165) is 16.9 Å². The maximum absolute atomic E-state index is 12.5. The van der Waals surface area contributed by atoms with Crippen LogP contribution >= 0.6 is 11.6 Å². The van der Waals surface area contributed by atoms with Crippen LogP contribution in [0.2, 0.25) is 5.02 Å². The van der Waals surface area contributed by atoms with Crippen molar-refractivity contribution < 1.29 is 14.3 Å². The van der Waals surface area contributed by atoms with Crippen molar-refractivity contribution in [2.75, 3.05) is 18.5 Å². The zero-order chi connectivity index (χ0) is 17.5. The van der Waals surface area contributed by atoms with Crippen molar-refractivity contribution >= 4 is 23.2 Å². The summed E-state index contributed by atoms with van der Waals surface area (Å²) in [5.41, 5.74) is 3.06. The molecule has 128 valence electrons. The minimum atomic E-state index is -0.193. The number of hydrogen-bond donors (Lipinski definition) is 1. The maximum atomic E-state index is 12.5. The van der Waals surface area contributed by atoms with E-state index < -0.39 is 0 Å². The normalized spacial score (nSPS) is 10.5.